The fourth-order valence-corrected chi connectivity index (χ4v) is 2.18. The highest BCUT2D eigenvalue weighted by molar-refractivity contribution is 7.98. The zero-order valence-electron chi connectivity index (χ0n) is 8.80. The molecule has 1 heterocycles. The van der Waals surface area contributed by atoms with E-state index in [4.69, 9.17) is 17.4 Å². The minimum atomic E-state index is 0.128. The Morgan fingerprint density at radius 1 is 1.18 bits per heavy atom. The third-order valence-corrected chi connectivity index (χ3v) is 3.01. The van der Waals surface area contributed by atoms with Gasteiger partial charge in [-0.25, -0.2) is 5.84 Å². The second-order valence-corrected chi connectivity index (χ2v) is 4.41. The highest BCUT2D eigenvalue weighted by atomic mass is 35.5. The number of nitrogens with one attached hydrogen (secondary N) is 1. The summed E-state index contributed by atoms with van der Waals surface area (Å²) < 4.78 is 0. The molecule has 7 heteroatoms. The van der Waals surface area contributed by atoms with Crippen molar-refractivity contribution in [2.45, 2.75) is 10.9 Å². The van der Waals surface area contributed by atoms with Gasteiger partial charge in [-0.15, -0.1) is 0 Å². The van der Waals surface area contributed by atoms with Crippen LogP contribution >= 0.6 is 23.4 Å². The van der Waals surface area contributed by atoms with Gasteiger partial charge < -0.3 is 0 Å². The van der Waals surface area contributed by atoms with Gasteiger partial charge in [0.2, 0.25) is 11.2 Å². The molecule has 0 bridgehead atoms. The highest BCUT2D eigenvalue weighted by Gasteiger charge is 2.04. The van der Waals surface area contributed by atoms with Crippen LogP contribution in [0.3, 0.4) is 0 Å². The summed E-state index contributed by atoms with van der Waals surface area (Å²) in [4.78, 5) is 11.9. The summed E-state index contributed by atoms with van der Waals surface area (Å²) in [5.41, 5.74) is 3.54. The van der Waals surface area contributed by atoms with Gasteiger partial charge in [-0.05, 0) is 17.2 Å². The van der Waals surface area contributed by atoms with Crippen LogP contribution in [0.4, 0.5) is 5.95 Å². The predicted molar refractivity (Wildman–Crippen MR) is 68.7 cm³/mol. The van der Waals surface area contributed by atoms with Gasteiger partial charge in [-0.2, -0.15) is 15.0 Å². The average Bonchev–Trinajstić information content (AvgIpc) is 2.37. The maximum Gasteiger partial charge on any atom is 0.242 e. The Morgan fingerprint density at radius 3 is 2.65 bits per heavy atom. The first-order valence-electron chi connectivity index (χ1n) is 4.83. The first kappa shape index (κ1) is 12.1. The van der Waals surface area contributed by atoms with E-state index >= 15 is 0 Å². The van der Waals surface area contributed by atoms with Crippen LogP contribution in [0, 0.1) is 0 Å². The summed E-state index contributed by atoms with van der Waals surface area (Å²) in [6.45, 7) is 0. The van der Waals surface area contributed by atoms with Crippen molar-refractivity contribution < 1.29 is 0 Å². The molecule has 0 saturated carbocycles. The van der Waals surface area contributed by atoms with Gasteiger partial charge in [0.15, 0.2) is 5.16 Å². The lowest BCUT2D eigenvalue weighted by molar-refractivity contribution is 0.901. The number of nitrogens with two attached hydrogens (primary N) is 1. The number of nitrogen functional groups attached to an aromatic ring is 1. The van der Waals surface area contributed by atoms with E-state index in [1.807, 2.05) is 30.3 Å². The molecule has 0 aliphatic heterocycles. The number of aromatic nitrogens is 3. The molecule has 2 aromatic rings. The van der Waals surface area contributed by atoms with Crippen molar-refractivity contribution in [1.82, 2.24) is 15.0 Å². The Morgan fingerprint density at radius 2 is 1.94 bits per heavy atom. The number of anilines is 1. The molecule has 0 amide bonds. The molecule has 0 aliphatic carbocycles. The Kier molecular flexibility index (Phi) is 4.13. The van der Waals surface area contributed by atoms with Crippen LogP contribution in [-0.4, -0.2) is 15.0 Å². The number of rotatable bonds is 4. The molecule has 0 fully saturated rings. The molecular formula is C10H10ClN5S. The Labute approximate surface area is 108 Å². The number of thioether (sulfide) groups is 1. The molecule has 5 nitrogen and oxygen atoms in total. The SMILES string of the molecule is NNc1nc(Cl)nc(SCc2ccccc2)n1. The fraction of sp³-hybridized carbons (Fsp3) is 0.100. The lowest BCUT2D eigenvalue weighted by Gasteiger charge is -2.03. The van der Waals surface area contributed by atoms with E-state index in [1.165, 1.54) is 17.3 Å². The van der Waals surface area contributed by atoms with Crippen LogP contribution in [0.5, 0.6) is 0 Å². The number of hydrogen-bond acceptors (Lipinski definition) is 6. The monoisotopic (exact) mass is 267 g/mol. The van der Waals surface area contributed by atoms with Gasteiger partial charge in [0.25, 0.3) is 0 Å². The first-order valence-corrected chi connectivity index (χ1v) is 6.19. The molecule has 0 unspecified atom stereocenters. The summed E-state index contributed by atoms with van der Waals surface area (Å²) in [5, 5.41) is 0.672. The summed E-state index contributed by atoms with van der Waals surface area (Å²) in [6.07, 6.45) is 0. The molecule has 2 rings (SSSR count). The summed E-state index contributed by atoms with van der Waals surface area (Å²) in [7, 11) is 0. The summed E-state index contributed by atoms with van der Waals surface area (Å²) in [6, 6.07) is 10.0. The van der Waals surface area contributed by atoms with Crippen LogP contribution in [0.25, 0.3) is 0 Å². The van der Waals surface area contributed by atoms with Crippen LogP contribution in [-0.2, 0) is 5.75 Å². The Bertz CT molecular complexity index is 493. The van der Waals surface area contributed by atoms with E-state index in [-0.39, 0.29) is 11.2 Å². The fourth-order valence-electron chi connectivity index (χ4n) is 1.18. The first-order chi connectivity index (χ1) is 8.28. The van der Waals surface area contributed by atoms with E-state index in [2.05, 4.69) is 20.4 Å². The predicted octanol–water partition coefficient (Wildman–Crippen LogP) is 2.10. The molecule has 0 atom stereocenters. The summed E-state index contributed by atoms with van der Waals surface area (Å²) >= 11 is 7.21. The zero-order chi connectivity index (χ0) is 12.1. The quantitative estimate of drug-likeness (QED) is 0.502. The van der Waals surface area contributed by atoms with E-state index in [0.717, 1.165) is 5.75 Å². The number of benzene rings is 1. The summed E-state index contributed by atoms with van der Waals surface area (Å²) in [5.74, 6) is 6.26. The maximum absolute atomic E-state index is 5.74. The molecule has 0 radical (unpaired) electrons. The normalized spacial score (nSPS) is 10.2. The van der Waals surface area contributed by atoms with Gasteiger partial charge in [0, 0.05) is 5.75 Å². The molecule has 3 N–H and O–H groups in total. The molecule has 88 valence electrons. The maximum atomic E-state index is 5.74. The van der Waals surface area contributed by atoms with Crippen molar-refractivity contribution in [3.8, 4) is 0 Å². The van der Waals surface area contributed by atoms with Gasteiger partial charge in [0.05, 0.1) is 0 Å². The molecular weight excluding hydrogens is 258 g/mol. The van der Waals surface area contributed by atoms with Gasteiger partial charge in [-0.1, -0.05) is 42.1 Å². The van der Waals surface area contributed by atoms with Gasteiger partial charge in [-0.3, -0.25) is 5.43 Å². The molecule has 1 aromatic carbocycles. The van der Waals surface area contributed by atoms with E-state index in [9.17, 15) is 0 Å². The average molecular weight is 268 g/mol. The molecule has 0 spiro atoms. The minimum Gasteiger partial charge on any atom is -0.292 e. The van der Waals surface area contributed by atoms with Crippen molar-refractivity contribution in [2.24, 2.45) is 5.84 Å². The van der Waals surface area contributed by atoms with Gasteiger partial charge in [0.1, 0.15) is 0 Å². The van der Waals surface area contributed by atoms with Gasteiger partial charge >= 0.3 is 0 Å². The van der Waals surface area contributed by atoms with Crippen LogP contribution in [0.15, 0.2) is 35.5 Å². The second-order valence-electron chi connectivity index (χ2n) is 3.13. The third kappa shape index (κ3) is 3.55. The second kappa shape index (κ2) is 5.81. The standard InChI is InChI=1S/C10H10ClN5S/c11-8-13-9(16-12)15-10(14-8)17-6-7-4-2-1-3-5-7/h1-5H,6,12H2,(H,13,14,15,16). The van der Waals surface area contributed by atoms with Crippen molar-refractivity contribution in [3.05, 3.63) is 41.2 Å². The number of hydrogen-bond donors (Lipinski definition) is 2. The van der Waals surface area contributed by atoms with Crippen molar-refractivity contribution >= 4 is 29.3 Å². The van der Waals surface area contributed by atoms with Crippen LogP contribution in [0.2, 0.25) is 5.28 Å². The smallest absolute Gasteiger partial charge is 0.242 e. The van der Waals surface area contributed by atoms with E-state index < -0.39 is 0 Å². The Hall–Kier alpha value is -1.37. The van der Waals surface area contributed by atoms with Crippen LogP contribution in [0.1, 0.15) is 5.56 Å². The number of halogens is 1. The van der Waals surface area contributed by atoms with Crippen molar-refractivity contribution in [1.29, 1.82) is 0 Å². The largest absolute Gasteiger partial charge is 0.292 e. The minimum absolute atomic E-state index is 0.128. The third-order valence-electron chi connectivity index (χ3n) is 1.93. The Balaban J connectivity index is 2.06. The molecule has 0 saturated heterocycles. The highest BCUT2D eigenvalue weighted by Crippen LogP contribution is 2.20. The zero-order valence-corrected chi connectivity index (χ0v) is 10.4. The molecule has 0 aliphatic rings. The van der Waals surface area contributed by atoms with E-state index in [0.29, 0.717) is 5.16 Å². The molecule has 17 heavy (non-hydrogen) atoms. The number of hydrazine groups is 1. The lowest BCUT2D eigenvalue weighted by atomic mass is 10.2. The lowest BCUT2D eigenvalue weighted by Crippen LogP contribution is -2.11. The molecule has 1 aromatic heterocycles. The van der Waals surface area contributed by atoms with E-state index in [1.54, 1.807) is 0 Å². The topological polar surface area (TPSA) is 76.7 Å². The van der Waals surface area contributed by atoms with Crippen molar-refractivity contribution in [3.63, 3.8) is 0 Å². The van der Waals surface area contributed by atoms with Crippen LogP contribution < -0.4 is 11.3 Å². The number of nitrogens with zero attached hydrogens (tertiary/aromatic N) is 3. The van der Waals surface area contributed by atoms with Crippen molar-refractivity contribution in [2.75, 3.05) is 5.43 Å².